The number of carbonyl (C=O) groups is 3. The van der Waals surface area contributed by atoms with Crippen molar-refractivity contribution in [3.8, 4) is 0 Å². The van der Waals surface area contributed by atoms with Crippen molar-refractivity contribution in [2.24, 2.45) is 11.8 Å². The summed E-state index contributed by atoms with van der Waals surface area (Å²) in [5.74, 6) is -1.81. The lowest BCUT2D eigenvalue weighted by atomic mass is 9.84. The quantitative estimate of drug-likeness (QED) is 0.743. The van der Waals surface area contributed by atoms with E-state index in [4.69, 9.17) is 0 Å². The summed E-state index contributed by atoms with van der Waals surface area (Å²) in [4.78, 5) is 42.9. The Balaban J connectivity index is 1.65. The summed E-state index contributed by atoms with van der Waals surface area (Å²) in [6.45, 7) is 5.47. The Bertz CT molecular complexity index is 1100. The molecule has 0 spiro atoms. The van der Waals surface area contributed by atoms with E-state index in [2.05, 4.69) is 0 Å². The highest BCUT2D eigenvalue weighted by Crippen LogP contribution is 2.53. The molecule has 3 aliphatic heterocycles. The van der Waals surface area contributed by atoms with Crippen molar-refractivity contribution >= 4 is 29.4 Å². The van der Waals surface area contributed by atoms with Crippen LogP contribution >= 0.6 is 0 Å². The van der Waals surface area contributed by atoms with E-state index in [0.29, 0.717) is 5.69 Å². The molecule has 5 nitrogen and oxygen atoms in total. The molecule has 2 fully saturated rings. The van der Waals surface area contributed by atoms with Gasteiger partial charge in [-0.15, -0.1) is 0 Å². The minimum absolute atomic E-state index is 0.0883. The third kappa shape index (κ3) is 2.36. The third-order valence-electron chi connectivity index (χ3n) is 6.63. The number of imide groups is 1. The number of nitrogens with zero attached hydrogens (tertiary/aromatic N) is 2. The van der Waals surface area contributed by atoms with Gasteiger partial charge in [-0.2, -0.15) is 0 Å². The first-order valence-electron chi connectivity index (χ1n) is 9.90. The number of ketones is 1. The lowest BCUT2D eigenvalue weighted by molar-refractivity contribution is -0.129. The Labute approximate surface area is 169 Å². The number of carbonyl (C=O) groups excluding carboxylic acids is 3. The third-order valence-corrected chi connectivity index (χ3v) is 6.63. The highest BCUT2D eigenvalue weighted by Gasteiger charge is 2.63. The fourth-order valence-electron chi connectivity index (χ4n) is 5.14. The molecule has 3 heterocycles. The van der Waals surface area contributed by atoms with Gasteiger partial charge in [-0.05, 0) is 61.2 Å². The molecule has 0 aromatic heterocycles. The van der Waals surface area contributed by atoms with Gasteiger partial charge >= 0.3 is 0 Å². The van der Waals surface area contributed by atoms with E-state index in [0.717, 1.165) is 22.3 Å². The maximum Gasteiger partial charge on any atom is 0.240 e. The number of anilines is 1. The molecule has 0 radical (unpaired) electrons. The molecule has 0 bridgehead atoms. The Morgan fingerprint density at radius 3 is 2.38 bits per heavy atom. The van der Waals surface area contributed by atoms with E-state index < -0.39 is 17.9 Å². The molecule has 2 aromatic rings. The summed E-state index contributed by atoms with van der Waals surface area (Å²) in [5.41, 5.74) is 4.74. The normalized spacial score (nSPS) is 27.1. The number of benzene rings is 2. The summed E-state index contributed by atoms with van der Waals surface area (Å²) < 4.78 is 0. The topological polar surface area (TPSA) is 57.7 Å². The number of aryl methyl sites for hydroxylation is 2. The molecule has 5 heteroatoms. The molecule has 146 valence electrons. The van der Waals surface area contributed by atoms with Crippen molar-refractivity contribution in [3.05, 3.63) is 70.9 Å². The molecule has 0 N–H and O–H groups in total. The maximum absolute atomic E-state index is 13.6. The van der Waals surface area contributed by atoms with Gasteiger partial charge in [-0.25, -0.2) is 4.90 Å². The molecule has 3 aliphatic rings. The van der Waals surface area contributed by atoms with E-state index >= 15 is 0 Å². The Morgan fingerprint density at radius 1 is 0.931 bits per heavy atom. The fraction of sp³-hybridized carbons (Fsp3) is 0.292. The van der Waals surface area contributed by atoms with Gasteiger partial charge in [0.25, 0.3) is 0 Å². The fourth-order valence-corrected chi connectivity index (χ4v) is 5.14. The smallest absolute Gasteiger partial charge is 0.240 e. The van der Waals surface area contributed by atoms with Gasteiger partial charge in [0.1, 0.15) is 0 Å². The summed E-state index contributed by atoms with van der Waals surface area (Å²) in [7, 11) is 0. The minimum atomic E-state index is -0.664. The van der Waals surface area contributed by atoms with Crippen LogP contribution in [0.5, 0.6) is 0 Å². The zero-order chi connectivity index (χ0) is 20.4. The van der Waals surface area contributed by atoms with Gasteiger partial charge in [-0.1, -0.05) is 30.3 Å². The van der Waals surface area contributed by atoms with Crippen LogP contribution in [0.4, 0.5) is 5.69 Å². The standard InChI is InChI=1S/C24H22N2O3/c1-13-8-9-17(12-14(13)2)26-23(28)19-20(24(26)29)22-18-7-5-4-6-16(18)10-11-25(22)21(19)15(3)27/h4-12,19-22H,1-3H3/t19-,20-,21-,22+/m1/s1. The van der Waals surface area contributed by atoms with Gasteiger partial charge < -0.3 is 4.90 Å². The Morgan fingerprint density at radius 2 is 1.66 bits per heavy atom. The first-order valence-corrected chi connectivity index (χ1v) is 9.90. The predicted octanol–water partition coefficient (Wildman–Crippen LogP) is 3.41. The van der Waals surface area contributed by atoms with Crippen LogP contribution in [-0.4, -0.2) is 28.5 Å². The number of fused-ring (bicyclic) bond motifs is 5. The average molecular weight is 386 g/mol. The van der Waals surface area contributed by atoms with Gasteiger partial charge in [-0.3, -0.25) is 14.4 Å². The Kier molecular flexibility index (Phi) is 3.78. The zero-order valence-corrected chi connectivity index (χ0v) is 16.6. The Hall–Kier alpha value is -3.21. The predicted molar refractivity (Wildman–Crippen MR) is 110 cm³/mol. The van der Waals surface area contributed by atoms with Crippen LogP contribution < -0.4 is 4.90 Å². The minimum Gasteiger partial charge on any atom is -0.359 e. The van der Waals surface area contributed by atoms with Crippen LogP contribution in [-0.2, 0) is 14.4 Å². The van der Waals surface area contributed by atoms with Gasteiger partial charge in [0.15, 0.2) is 5.78 Å². The molecule has 0 aliphatic carbocycles. The van der Waals surface area contributed by atoms with Crippen LogP contribution in [0.25, 0.3) is 6.08 Å². The molecule has 2 saturated heterocycles. The van der Waals surface area contributed by atoms with Crippen molar-refractivity contribution in [3.63, 3.8) is 0 Å². The van der Waals surface area contributed by atoms with Crippen LogP contribution in [0.15, 0.2) is 48.7 Å². The molecular formula is C24H22N2O3. The van der Waals surface area contributed by atoms with E-state index in [1.54, 1.807) is 0 Å². The SMILES string of the molecule is CC(=O)[C@@H]1[C@@H]2C(=O)N(c3ccc(C)c(C)c3)C(=O)[C@H]2[C@@H]2c3ccccc3C=CN12. The lowest BCUT2D eigenvalue weighted by Gasteiger charge is -2.35. The maximum atomic E-state index is 13.6. The van der Waals surface area contributed by atoms with E-state index in [9.17, 15) is 14.4 Å². The van der Waals surface area contributed by atoms with Crippen LogP contribution in [0.3, 0.4) is 0 Å². The lowest BCUT2D eigenvalue weighted by Crippen LogP contribution is -2.43. The monoisotopic (exact) mass is 386 g/mol. The van der Waals surface area contributed by atoms with Gasteiger partial charge in [0.05, 0.1) is 29.6 Å². The molecule has 4 atom stereocenters. The zero-order valence-electron chi connectivity index (χ0n) is 16.6. The number of Topliss-reactive ketones (excluding diaryl/α,β-unsaturated/α-hetero) is 1. The highest BCUT2D eigenvalue weighted by molar-refractivity contribution is 6.24. The molecule has 29 heavy (non-hydrogen) atoms. The average Bonchev–Trinajstić information content (AvgIpc) is 3.17. The van der Waals surface area contributed by atoms with Crippen molar-refractivity contribution in [2.75, 3.05) is 4.90 Å². The summed E-state index contributed by atoms with van der Waals surface area (Å²) >= 11 is 0. The highest BCUT2D eigenvalue weighted by atomic mass is 16.2. The van der Waals surface area contributed by atoms with Gasteiger partial charge in [0, 0.05) is 6.20 Å². The van der Waals surface area contributed by atoms with Crippen molar-refractivity contribution < 1.29 is 14.4 Å². The molecule has 2 amide bonds. The first kappa shape index (κ1) is 17.9. The largest absolute Gasteiger partial charge is 0.359 e. The van der Waals surface area contributed by atoms with Crippen LogP contribution in [0.2, 0.25) is 0 Å². The van der Waals surface area contributed by atoms with E-state index in [-0.39, 0.29) is 23.6 Å². The molecule has 0 unspecified atom stereocenters. The second kappa shape index (κ2) is 6.14. The number of hydrogen-bond acceptors (Lipinski definition) is 4. The number of hydrogen-bond donors (Lipinski definition) is 0. The van der Waals surface area contributed by atoms with Crippen molar-refractivity contribution in [2.45, 2.75) is 32.9 Å². The molecule has 5 rings (SSSR count). The molecular weight excluding hydrogens is 364 g/mol. The number of amides is 2. The van der Waals surface area contributed by atoms with Gasteiger partial charge in [0.2, 0.25) is 11.8 Å². The molecule has 0 saturated carbocycles. The van der Waals surface area contributed by atoms with Crippen molar-refractivity contribution in [1.82, 2.24) is 4.90 Å². The van der Waals surface area contributed by atoms with Crippen LogP contribution in [0.1, 0.15) is 35.2 Å². The van der Waals surface area contributed by atoms with E-state index in [1.165, 1.54) is 11.8 Å². The number of rotatable bonds is 2. The van der Waals surface area contributed by atoms with Crippen LogP contribution in [0, 0.1) is 25.7 Å². The summed E-state index contributed by atoms with van der Waals surface area (Å²) in [6.07, 6.45) is 3.83. The van der Waals surface area contributed by atoms with Crippen molar-refractivity contribution in [1.29, 1.82) is 0 Å². The summed E-state index contributed by atoms with van der Waals surface area (Å²) in [6, 6.07) is 12.6. The second-order valence-electron chi connectivity index (χ2n) is 8.22. The summed E-state index contributed by atoms with van der Waals surface area (Å²) in [5, 5.41) is 0. The van der Waals surface area contributed by atoms with E-state index in [1.807, 2.05) is 73.5 Å². The first-order chi connectivity index (χ1) is 13.9. The second-order valence-corrected chi connectivity index (χ2v) is 8.22. The molecule has 2 aromatic carbocycles.